The van der Waals surface area contributed by atoms with Gasteiger partial charge in [0.25, 0.3) is 5.91 Å². The predicted octanol–water partition coefficient (Wildman–Crippen LogP) is 4.43. The van der Waals surface area contributed by atoms with Crippen molar-refractivity contribution >= 4 is 5.91 Å². The highest BCUT2D eigenvalue weighted by Gasteiger charge is 2.26. The van der Waals surface area contributed by atoms with Crippen LogP contribution in [0.5, 0.6) is 0 Å². The molecule has 2 aromatic rings. The second-order valence-electron chi connectivity index (χ2n) is 9.63. The van der Waals surface area contributed by atoms with E-state index < -0.39 is 0 Å². The molecule has 2 aromatic carbocycles. The van der Waals surface area contributed by atoms with Crippen LogP contribution in [0.4, 0.5) is 0 Å². The summed E-state index contributed by atoms with van der Waals surface area (Å²) in [5, 5.41) is 0. The first-order chi connectivity index (χ1) is 15.2. The summed E-state index contributed by atoms with van der Waals surface area (Å²) in [6.45, 7) is 10.3. The Hall–Kier alpha value is -2.17. The molecule has 0 spiro atoms. The summed E-state index contributed by atoms with van der Waals surface area (Å²) in [7, 11) is 0. The highest BCUT2D eigenvalue weighted by Crippen LogP contribution is 2.27. The molecule has 3 heterocycles. The minimum absolute atomic E-state index is 0.177. The smallest absolute Gasteiger partial charge is 0.254 e. The number of fused-ring (bicyclic) bond motifs is 1. The molecule has 4 nitrogen and oxygen atoms in total. The Labute approximate surface area is 186 Å². The van der Waals surface area contributed by atoms with Crippen molar-refractivity contribution in [2.75, 3.05) is 39.3 Å². The Bertz CT molecular complexity index is 917. The average Bonchev–Trinajstić information content (AvgIpc) is 3.48. The van der Waals surface area contributed by atoms with E-state index in [0.29, 0.717) is 6.04 Å². The number of hydrogen-bond donors (Lipinski definition) is 0. The molecule has 0 unspecified atom stereocenters. The van der Waals surface area contributed by atoms with E-state index in [1.54, 1.807) is 0 Å². The van der Waals surface area contributed by atoms with Gasteiger partial charge >= 0.3 is 0 Å². The zero-order valence-corrected chi connectivity index (χ0v) is 18.9. The van der Waals surface area contributed by atoms with E-state index in [1.807, 2.05) is 17.0 Å². The Kier molecular flexibility index (Phi) is 6.10. The summed E-state index contributed by atoms with van der Waals surface area (Å²) < 4.78 is 0. The summed E-state index contributed by atoms with van der Waals surface area (Å²) in [5.41, 5.74) is 6.24. The monoisotopic (exact) mass is 417 g/mol. The second-order valence-corrected chi connectivity index (χ2v) is 9.63. The van der Waals surface area contributed by atoms with Crippen LogP contribution in [0.25, 0.3) is 11.1 Å². The number of carbonyl (C=O) groups is 1. The van der Waals surface area contributed by atoms with Crippen LogP contribution >= 0.6 is 0 Å². The fraction of sp³-hybridized carbons (Fsp3) is 0.519. The van der Waals surface area contributed by atoms with Crippen molar-refractivity contribution in [3.05, 3.63) is 59.2 Å². The molecule has 0 N–H and O–H groups in total. The lowest BCUT2D eigenvalue weighted by atomic mass is 9.94. The van der Waals surface area contributed by atoms with Crippen LogP contribution < -0.4 is 0 Å². The third-order valence-corrected chi connectivity index (χ3v) is 7.51. The first-order valence-electron chi connectivity index (χ1n) is 12.2. The molecule has 3 aliphatic rings. The Morgan fingerprint density at radius 3 is 2.32 bits per heavy atom. The standard InChI is InChI=1S/C27H35N3O/c1-21-5-4-15-30(21)27(31)23-8-6-22(7-9-23)24-10-11-26-20-29(16-12-25(26)19-24)18-17-28-13-2-3-14-28/h6-11,19,21H,2-5,12-18,20H2,1H3/t21-/m0/s1. The number of hydrogen-bond acceptors (Lipinski definition) is 3. The maximum atomic E-state index is 12.8. The molecule has 1 amide bonds. The maximum absolute atomic E-state index is 12.8. The number of likely N-dealkylation sites (tertiary alicyclic amines) is 2. The molecule has 0 aliphatic carbocycles. The van der Waals surface area contributed by atoms with Crippen molar-refractivity contribution in [3.8, 4) is 11.1 Å². The summed E-state index contributed by atoms with van der Waals surface area (Å²) >= 11 is 0. The Morgan fingerprint density at radius 1 is 0.839 bits per heavy atom. The zero-order chi connectivity index (χ0) is 21.2. The van der Waals surface area contributed by atoms with Gasteiger partial charge in [-0.25, -0.2) is 0 Å². The van der Waals surface area contributed by atoms with Crippen LogP contribution in [0.1, 0.15) is 54.1 Å². The van der Waals surface area contributed by atoms with Gasteiger partial charge in [0.05, 0.1) is 0 Å². The van der Waals surface area contributed by atoms with Crippen LogP contribution in [-0.4, -0.2) is 65.9 Å². The van der Waals surface area contributed by atoms with Gasteiger partial charge in [-0.2, -0.15) is 0 Å². The van der Waals surface area contributed by atoms with Gasteiger partial charge in [0.2, 0.25) is 0 Å². The van der Waals surface area contributed by atoms with Gasteiger partial charge in [0, 0.05) is 44.3 Å². The second kappa shape index (κ2) is 9.13. The molecule has 4 heteroatoms. The normalized spacial score (nSPS) is 22.1. The topological polar surface area (TPSA) is 26.8 Å². The molecule has 5 rings (SSSR count). The summed E-state index contributed by atoms with van der Waals surface area (Å²) in [5.74, 6) is 0.177. The maximum Gasteiger partial charge on any atom is 0.254 e. The summed E-state index contributed by atoms with van der Waals surface area (Å²) in [6.07, 6.45) is 6.12. The highest BCUT2D eigenvalue weighted by molar-refractivity contribution is 5.95. The Morgan fingerprint density at radius 2 is 1.58 bits per heavy atom. The van der Waals surface area contributed by atoms with Crippen molar-refractivity contribution in [2.24, 2.45) is 0 Å². The molecular formula is C27H35N3O. The number of amides is 1. The van der Waals surface area contributed by atoms with E-state index in [9.17, 15) is 4.79 Å². The molecule has 164 valence electrons. The first kappa shape index (κ1) is 20.7. The minimum Gasteiger partial charge on any atom is -0.336 e. The molecule has 2 saturated heterocycles. The van der Waals surface area contributed by atoms with Gasteiger partial charge in [-0.15, -0.1) is 0 Å². The van der Waals surface area contributed by atoms with Crippen LogP contribution in [0.3, 0.4) is 0 Å². The van der Waals surface area contributed by atoms with Gasteiger partial charge in [-0.05, 0) is 86.5 Å². The largest absolute Gasteiger partial charge is 0.336 e. The molecule has 3 aliphatic heterocycles. The molecule has 0 radical (unpaired) electrons. The highest BCUT2D eigenvalue weighted by atomic mass is 16.2. The lowest BCUT2D eigenvalue weighted by molar-refractivity contribution is 0.0747. The van der Waals surface area contributed by atoms with E-state index in [1.165, 1.54) is 61.3 Å². The molecule has 0 bridgehead atoms. The molecule has 0 aromatic heterocycles. The molecule has 0 saturated carbocycles. The number of nitrogens with zero attached hydrogens (tertiary/aromatic N) is 3. The quantitative estimate of drug-likeness (QED) is 0.720. The van der Waals surface area contributed by atoms with Crippen LogP contribution in [0.2, 0.25) is 0 Å². The van der Waals surface area contributed by atoms with E-state index >= 15 is 0 Å². The van der Waals surface area contributed by atoms with Crippen LogP contribution in [0.15, 0.2) is 42.5 Å². The van der Waals surface area contributed by atoms with Crippen molar-refractivity contribution in [3.63, 3.8) is 0 Å². The van der Waals surface area contributed by atoms with E-state index in [0.717, 1.165) is 44.5 Å². The van der Waals surface area contributed by atoms with Gasteiger partial charge in [0.15, 0.2) is 0 Å². The summed E-state index contributed by atoms with van der Waals surface area (Å²) in [4.78, 5) is 20.0. The third kappa shape index (κ3) is 4.56. The predicted molar refractivity (Wildman–Crippen MR) is 126 cm³/mol. The SMILES string of the molecule is C[C@H]1CCCN1C(=O)c1ccc(-c2ccc3c(c2)CCN(CCN2CCCC2)C3)cc1. The Balaban J connectivity index is 1.23. The van der Waals surface area contributed by atoms with E-state index in [-0.39, 0.29) is 5.91 Å². The van der Waals surface area contributed by atoms with Gasteiger partial charge in [-0.1, -0.05) is 30.3 Å². The van der Waals surface area contributed by atoms with Crippen molar-refractivity contribution < 1.29 is 4.79 Å². The average molecular weight is 418 g/mol. The lowest BCUT2D eigenvalue weighted by Gasteiger charge is -2.30. The van der Waals surface area contributed by atoms with Crippen molar-refractivity contribution in [1.82, 2.24) is 14.7 Å². The number of benzene rings is 2. The van der Waals surface area contributed by atoms with Crippen molar-refractivity contribution in [2.45, 2.75) is 51.6 Å². The fourth-order valence-electron chi connectivity index (χ4n) is 5.48. The minimum atomic E-state index is 0.177. The third-order valence-electron chi connectivity index (χ3n) is 7.51. The number of carbonyl (C=O) groups excluding carboxylic acids is 1. The van der Waals surface area contributed by atoms with Gasteiger partial charge in [0.1, 0.15) is 0 Å². The van der Waals surface area contributed by atoms with Crippen molar-refractivity contribution in [1.29, 1.82) is 0 Å². The molecule has 31 heavy (non-hydrogen) atoms. The molecular weight excluding hydrogens is 382 g/mol. The van der Waals surface area contributed by atoms with Crippen LogP contribution in [-0.2, 0) is 13.0 Å². The van der Waals surface area contributed by atoms with E-state index in [2.05, 4.69) is 47.1 Å². The zero-order valence-electron chi connectivity index (χ0n) is 18.9. The summed E-state index contributed by atoms with van der Waals surface area (Å²) in [6, 6.07) is 15.5. The number of rotatable bonds is 5. The molecule has 2 fully saturated rings. The van der Waals surface area contributed by atoms with Crippen LogP contribution in [0, 0.1) is 0 Å². The lowest BCUT2D eigenvalue weighted by Crippen LogP contribution is -2.37. The van der Waals surface area contributed by atoms with E-state index in [4.69, 9.17) is 0 Å². The fourth-order valence-corrected chi connectivity index (χ4v) is 5.48. The first-order valence-corrected chi connectivity index (χ1v) is 12.2. The van der Waals surface area contributed by atoms with Gasteiger partial charge < -0.3 is 9.80 Å². The molecule has 1 atom stereocenters. The van der Waals surface area contributed by atoms with Gasteiger partial charge in [-0.3, -0.25) is 9.69 Å².